The van der Waals surface area contributed by atoms with Gasteiger partial charge in [0.15, 0.2) is 0 Å². The topological polar surface area (TPSA) is 118 Å². The van der Waals surface area contributed by atoms with E-state index in [0.717, 1.165) is 71.3 Å². The number of fused-ring (bicyclic) bond motifs is 1. The molecule has 1 saturated heterocycles. The molecule has 0 spiro atoms. The zero-order valence-electron chi connectivity index (χ0n) is 23.4. The summed E-state index contributed by atoms with van der Waals surface area (Å²) < 4.78 is 7.94. The first kappa shape index (κ1) is 27.7. The number of nitrogens with zero attached hydrogens (tertiary/aromatic N) is 6. The summed E-state index contributed by atoms with van der Waals surface area (Å²) in [6.45, 7) is 10.2. The van der Waals surface area contributed by atoms with Gasteiger partial charge in [0.05, 0.1) is 23.1 Å². The molecule has 1 fully saturated rings. The molecule has 0 aromatic carbocycles. The van der Waals surface area contributed by atoms with E-state index in [4.69, 9.17) is 24.9 Å². The number of anilines is 1. The van der Waals surface area contributed by atoms with Crippen molar-refractivity contribution in [3.05, 3.63) is 55.0 Å². The normalized spacial score (nSPS) is 14.5. The Bertz CT molecular complexity index is 1450. The third kappa shape index (κ3) is 6.83. The predicted octanol–water partition coefficient (Wildman–Crippen LogP) is 5.35. The van der Waals surface area contributed by atoms with Crippen molar-refractivity contribution >= 4 is 30.9 Å². The predicted molar refractivity (Wildman–Crippen MR) is 159 cm³/mol. The molecule has 0 bridgehead atoms. The molecule has 40 heavy (non-hydrogen) atoms. The number of pyridine rings is 3. The molecule has 10 nitrogen and oxygen atoms in total. The largest absolute Gasteiger partial charge is 0.465 e. The van der Waals surface area contributed by atoms with Crippen molar-refractivity contribution < 1.29 is 14.6 Å². The number of hydrogen-bond acceptors (Lipinski definition) is 7. The molecule has 0 saturated carbocycles. The van der Waals surface area contributed by atoms with Crippen LogP contribution in [0, 0.1) is 5.92 Å². The highest BCUT2D eigenvalue weighted by Crippen LogP contribution is 2.31. The van der Waals surface area contributed by atoms with Gasteiger partial charge in [-0.3, -0.25) is 9.97 Å². The zero-order chi connectivity index (χ0) is 28.1. The zero-order valence-corrected chi connectivity index (χ0v) is 24.4. The summed E-state index contributed by atoms with van der Waals surface area (Å²) in [5.41, 5.74) is 4.25. The third-order valence-corrected chi connectivity index (χ3v) is 8.97. The van der Waals surface area contributed by atoms with Crippen molar-refractivity contribution in [2.75, 3.05) is 31.1 Å². The lowest BCUT2D eigenvalue weighted by Crippen LogP contribution is -2.38. The smallest absolute Gasteiger partial charge is 0.404 e. The quantitative estimate of drug-likeness (QED) is 0.197. The Morgan fingerprint density at radius 1 is 1.12 bits per heavy atom. The van der Waals surface area contributed by atoms with Gasteiger partial charge < -0.3 is 20.1 Å². The second kappa shape index (κ2) is 12.1. The molecule has 210 valence electrons. The summed E-state index contributed by atoms with van der Waals surface area (Å²) in [7, 11) is -1.20. The highest BCUT2D eigenvalue weighted by molar-refractivity contribution is 6.76. The molecule has 2 N–H and O–H groups in total. The Hall–Kier alpha value is -3.83. The first-order valence-electron chi connectivity index (χ1n) is 13.8. The number of rotatable bonds is 10. The van der Waals surface area contributed by atoms with Crippen LogP contribution in [0.1, 0.15) is 12.8 Å². The number of ether oxygens (including phenoxy) is 1. The van der Waals surface area contributed by atoms with E-state index in [2.05, 4.69) is 40.9 Å². The lowest BCUT2D eigenvalue weighted by Gasteiger charge is -2.32. The van der Waals surface area contributed by atoms with Gasteiger partial charge in [-0.2, -0.15) is 5.10 Å². The van der Waals surface area contributed by atoms with Gasteiger partial charge in [-0.1, -0.05) is 25.7 Å². The second-order valence-electron chi connectivity index (χ2n) is 11.5. The Kier molecular flexibility index (Phi) is 8.41. The van der Waals surface area contributed by atoms with Gasteiger partial charge in [-0.15, -0.1) is 0 Å². The van der Waals surface area contributed by atoms with E-state index in [1.54, 1.807) is 6.20 Å². The van der Waals surface area contributed by atoms with E-state index in [9.17, 15) is 4.79 Å². The number of amides is 1. The van der Waals surface area contributed by atoms with Gasteiger partial charge >= 0.3 is 6.09 Å². The highest BCUT2D eigenvalue weighted by atomic mass is 28.3. The molecule has 0 unspecified atom stereocenters. The Morgan fingerprint density at radius 2 is 1.95 bits per heavy atom. The first-order valence-corrected chi connectivity index (χ1v) is 17.5. The summed E-state index contributed by atoms with van der Waals surface area (Å²) in [6, 6.07) is 13.1. The minimum Gasteiger partial charge on any atom is -0.465 e. The van der Waals surface area contributed by atoms with E-state index in [1.165, 1.54) is 0 Å². The van der Waals surface area contributed by atoms with Crippen LogP contribution in [0.4, 0.5) is 10.6 Å². The van der Waals surface area contributed by atoms with Crippen LogP contribution in [0.25, 0.3) is 33.5 Å². The molecule has 0 atom stereocenters. The SMILES string of the molecule is C[Si](C)(C)CCOCn1nc(-c2cccc(N3CCC(CNC(=O)O)CC3)n2)c2cc(-c3cccnc3)ncc21. The van der Waals surface area contributed by atoms with E-state index in [0.29, 0.717) is 25.8 Å². The summed E-state index contributed by atoms with van der Waals surface area (Å²) in [4.78, 5) is 27.1. The summed E-state index contributed by atoms with van der Waals surface area (Å²) in [5, 5.41) is 17.4. The molecule has 11 heteroatoms. The molecule has 4 aromatic heterocycles. The molecular weight excluding hydrogens is 522 g/mol. The van der Waals surface area contributed by atoms with Gasteiger partial charge in [0.1, 0.15) is 18.2 Å². The van der Waals surface area contributed by atoms with Crippen molar-refractivity contribution in [2.45, 2.75) is 45.3 Å². The van der Waals surface area contributed by atoms with Crippen molar-refractivity contribution in [1.29, 1.82) is 0 Å². The average Bonchev–Trinajstić information content (AvgIpc) is 3.32. The summed E-state index contributed by atoms with van der Waals surface area (Å²) in [5.74, 6) is 1.24. The van der Waals surface area contributed by atoms with Gasteiger partial charge in [0.2, 0.25) is 0 Å². The Balaban J connectivity index is 1.42. The van der Waals surface area contributed by atoms with Crippen molar-refractivity contribution in [3.63, 3.8) is 0 Å². The number of nitrogens with one attached hydrogen (secondary N) is 1. The molecule has 5 heterocycles. The van der Waals surface area contributed by atoms with Crippen LogP contribution in [0.3, 0.4) is 0 Å². The number of piperidine rings is 1. The monoisotopic (exact) mass is 559 g/mol. The number of aromatic nitrogens is 5. The minimum atomic E-state index is -1.20. The third-order valence-electron chi connectivity index (χ3n) is 7.26. The van der Waals surface area contributed by atoms with Crippen LogP contribution in [0.5, 0.6) is 0 Å². The van der Waals surface area contributed by atoms with Crippen LogP contribution in [-0.2, 0) is 11.5 Å². The van der Waals surface area contributed by atoms with Gasteiger partial charge in [-0.05, 0) is 55.1 Å². The molecule has 5 rings (SSSR count). The van der Waals surface area contributed by atoms with Crippen molar-refractivity contribution in [1.82, 2.24) is 30.0 Å². The van der Waals surface area contributed by atoms with E-state index in [1.807, 2.05) is 47.4 Å². The van der Waals surface area contributed by atoms with Crippen LogP contribution >= 0.6 is 0 Å². The Labute approximate surface area is 235 Å². The van der Waals surface area contributed by atoms with Crippen LogP contribution < -0.4 is 10.2 Å². The fourth-order valence-corrected chi connectivity index (χ4v) is 5.65. The molecule has 1 amide bonds. The van der Waals surface area contributed by atoms with Gasteiger partial charge in [0.25, 0.3) is 0 Å². The number of carbonyl (C=O) groups is 1. The molecule has 4 aromatic rings. The maximum absolute atomic E-state index is 10.9. The average molecular weight is 560 g/mol. The summed E-state index contributed by atoms with van der Waals surface area (Å²) in [6.07, 6.45) is 6.29. The Morgan fingerprint density at radius 3 is 2.67 bits per heavy atom. The van der Waals surface area contributed by atoms with Crippen molar-refractivity contribution in [2.24, 2.45) is 5.92 Å². The molecule has 1 aliphatic heterocycles. The van der Waals surface area contributed by atoms with Crippen LogP contribution in [0.15, 0.2) is 55.0 Å². The van der Waals surface area contributed by atoms with Gasteiger partial charge in [0, 0.05) is 57.7 Å². The van der Waals surface area contributed by atoms with Crippen LogP contribution in [0.2, 0.25) is 25.7 Å². The first-order chi connectivity index (χ1) is 19.3. The molecule has 1 aliphatic rings. The summed E-state index contributed by atoms with van der Waals surface area (Å²) >= 11 is 0. The number of carboxylic acid groups (broad SMARTS) is 1. The molecular formula is C29H37N7O3Si. The van der Waals surface area contributed by atoms with E-state index < -0.39 is 14.2 Å². The highest BCUT2D eigenvalue weighted by Gasteiger charge is 2.22. The lowest BCUT2D eigenvalue weighted by atomic mass is 9.97. The van der Waals surface area contributed by atoms with E-state index in [-0.39, 0.29) is 0 Å². The van der Waals surface area contributed by atoms with Gasteiger partial charge in [-0.25, -0.2) is 14.5 Å². The van der Waals surface area contributed by atoms with E-state index >= 15 is 0 Å². The standard InChI is InChI=1S/C29H37N7O3Si/c1-40(2,3)15-14-39-20-36-26-19-31-25(22-6-5-11-30-18-22)16-23(26)28(34-36)24-7-4-8-27(33-24)35-12-9-21(10-13-35)17-32-29(37)38/h4-8,11,16,18-19,21,32H,9-10,12-15,17,20H2,1-3H3,(H,37,38). The minimum absolute atomic E-state index is 0.342. The maximum Gasteiger partial charge on any atom is 0.404 e. The fraction of sp³-hybridized carbons (Fsp3) is 0.414. The maximum atomic E-state index is 10.9. The second-order valence-corrected chi connectivity index (χ2v) is 17.1. The lowest BCUT2D eigenvalue weighted by molar-refractivity contribution is 0.0818. The number of hydrogen-bond donors (Lipinski definition) is 2. The fourth-order valence-electron chi connectivity index (χ4n) is 4.89. The van der Waals surface area contributed by atoms with Crippen molar-refractivity contribution in [3.8, 4) is 22.6 Å². The van der Waals surface area contributed by atoms with Crippen LogP contribution in [-0.4, -0.2) is 70.2 Å². The molecule has 0 radical (unpaired) electrons. The molecule has 0 aliphatic carbocycles.